The van der Waals surface area contributed by atoms with Crippen LogP contribution < -0.4 is 0 Å². The predicted octanol–water partition coefficient (Wildman–Crippen LogP) is 1.83. The average Bonchev–Trinajstić information content (AvgIpc) is 2.39. The summed E-state index contributed by atoms with van der Waals surface area (Å²) in [6.45, 7) is 3.64. The highest BCUT2D eigenvalue weighted by atomic mass is 16.3. The number of rotatable bonds is 1. The highest BCUT2D eigenvalue weighted by Gasteiger charge is 2.56. The van der Waals surface area contributed by atoms with Crippen molar-refractivity contribution in [2.24, 2.45) is 5.41 Å². The molecule has 0 unspecified atom stereocenters. The van der Waals surface area contributed by atoms with Gasteiger partial charge in [-0.15, -0.1) is 0 Å². The zero-order valence-corrected chi connectivity index (χ0v) is 8.26. The van der Waals surface area contributed by atoms with Gasteiger partial charge in [0.05, 0.1) is 5.60 Å². The summed E-state index contributed by atoms with van der Waals surface area (Å²) < 4.78 is 0. The summed E-state index contributed by atoms with van der Waals surface area (Å²) >= 11 is 0. The van der Waals surface area contributed by atoms with Crippen molar-refractivity contribution in [1.29, 1.82) is 0 Å². The van der Waals surface area contributed by atoms with Crippen LogP contribution >= 0.6 is 0 Å². The first-order valence-electron chi connectivity index (χ1n) is 4.94. The SMILES string of the molecule is CC(=O)C1=CC[C@]2(C)CCC[C@]12O. The quantitative estimate of drug-likeness (QED) is 0.668. The minimum Gasteiger partial charge on any atom is -0.384 e. The van der Waals surface area contributed by atoms with Gasteiger partial charge in [-0.25, -0.2) is 0 Å². The molecule has 2 atom stereocenters. The summed E-state index contributed by atoms with van der Waals surface area (Å²) in [7, 11) is 0. The van der Waals surface area contributed by atoms with Crippen LogP contribution in [0.1, 0.15) is 39.5 Å². The molecule has 1 N–H and O–H groups in total. The molecule has 13 heavy (non-hydrogen) atoms. The molecule has 0 aliphatic heterocycles. The first-order valence-corrected chi connectivity index (χ1v) is 4.94. The van der Waals surface area contributed by atoms with Crippen molar-refractivity contribution in [3.05, 3.63) is 11.6 Å². The molecule has 0 aromatic heterocycles. The molecule has 0 heterocycles. The number of aliphatic hydroxyl groups is 1. The van der Waals surface area contributed by atoms with Crippen LogP contribution in [0.3, 0.4) is 0 Å². The Balaban J connectivity index is 2.41. The lowest BCUT2D eigenvalue weighted by Gasteiger charge is -2.34. The van der Waals surface area contributed by atoms with E-state index in [1.807, 2.05) is 6.08 Å². The van der Waals surface area contributed by atoms with Crippen LogP contribution in [0.5, 0.6) is 0 Å². The minimum absolute atomic E-state index is 0.0353. The second-order valence-electron chi connectivity index (χ2n) is 4.65. The summed E-state index contributed by atoms with van der Waals surface area (Å²) in [6, 6.07) is 0. The van der Waals surface area contributed by atoms with Gasteiger partial charge in [-0.1, -0.05) is 13.0 Å². The number of hydrogen-bond acceptors (Lipinski definition) is 2. The molecule has 0 amide bonds. The van der Waals surface area contributed by atoms with E-state index in [0.717, 1.165) is 25.7 Å². The van der Waals surface area contributed by atoms with Crippen LogP contribution in [0, 0.1) is 5.41 Å². The number of ketones is 1. The fraction of sp³-hybridized carbons (Fsp3) is 0.727. The van der Waals surface area contributed by atoms with Gasteiger partial charge in [-0.2, -0.15) is 0 Å². The van der Waals surface area contributed by atoms with Gasteiger partial charge >= 0.3 is 0 Å². The van der Waals surface area contributed by atoms with Crippen molar-refractivity contribution in [2.75, 3.05) is 0 Å². The Kier molecular flexibility index (Phi) is 1.68. The molecule has 72 valence electrons. The van der Waals surface area contributed by atoms with Gasteiger partial charge in [-0.3, -0.25) is 4.79 Å². The van der Waals surface area contributed by atoms with Crippen molar-refractivity contribution in [2.45, 2.75) is 45.1 Å². The molecule has 2 rings (SSSR count). The maximum atomic E-state index is 11.3. The molecule has 2 aliphatic carbocycles. The van der Waals surface area contributed by atoms with E-state index in [9.17, 15) is 9.90 Å². The number of carbonyl (C=O) groups excluding carboxylic acids is 1. The monoisotopic (exact) mass is 180 g/mol. The second kappa shape index (κ2) is 2.44. The molecule has 0 aromatic rings. The zero-order chi connectivity index (χ0) is 9.69. The minimum atomic E-state index is -0.807. The van der Waals surface area contributed by atoms with E-state index in [2.05, 4.69) is 6.92 Å². The smallest absolute Gasteiger partial charge is 0.158 e. The molecule has 0 aromatic carbocycles. The van der Waals surface area contributed by atoms with Crippen LogP contribution in [0.25, 0.3) is 0 Å². The van der Waals surface area contributed by atoms with E-state index in [1.165, 1.54) is 0 Å². The molecule has 2 nitrogen and oxygen atoms in total. The third-order valence-corrected chi connectivity index (χ3v) is 3.85. The Bertz CT molecular complexity index is 292. The van der Waals surface area contributed by atoms with E-state index < -0.39 is 5.60 Å². The topological polar surface area (TPSA) is 37.3 Å². The average molecular weight is 180 g/mol. The standard InChI is InChI=1S/C11H16O2/c1-8(12)9-4-7-10(2)5-3-6-11(9,10)13/h4,13H,3,5-7H2,1-2H3/t10-,11-/m0/s1. The second-order valence-corrected chi connectivity index (χ2v) is 4.65. The van der Waals surface area contributed by atoms with E-state index in [0.29, 0.717) is 5.57 Å². The fourth-order valence-corrected chi connectivity index (χ4v) is 2.90. The molecular weight excluding hydrogens is 164 g/mol. The number of Topliss-reactive ketones (excluding diaryl/α,β-unsaturated/α-hetero) is 1. The van der Waals surface area contributed by atoms with E-state index in [-0.39, 0.29) is 11.2 Å². The lowest BCUT2D eigenvalue weighted by atomic mass is 9.75. The summed E-state index contributed by atoms with van der Waals surface area (Å²) in [6.07, 6.45) is 5.63. The normalized spacial score (nSPS) is 43.2. The van der Waals surface area contributed by atoms with Gasteiger partial charge in [0.2, 0.25) is 0 Å². The van der Waals surface area contributed by atoms with Gasteiger partial charge in [0.25, 0.3) is 0 Å². The molecule has 0 spiro atoms. The van der Waals surface area contributed by atoms with E-state index in [4.69, 9.17) is 0 Å². The number of fused-ring (bicyclic) bond motifs is 1. The number of hydrogen-bond donors (Lipinski definition) is 1. The summed E-state index contributed by atoms with van der Waals surface area (Å²) in [4.78, 5) is 11.3. The van der Waals surface area contributed by atoms with Gasteiger partial charge in [-0.05, 0) is 32.6 Å². The van der Waals surface area contributed by atoms with Crippen LogP contribution in [-0.2, 0) is 4.79 Å². The van der Waals surface area contributed by atoms with Crippen LogP contribution in [0.2, 0.25) is 0 Å². The van der Waals surface area contributed by atoms with Crippen molar-refractivity contribution in [3.8, 4) is 0 Å². The van der Waals surface area contributed by atoms with Crippen molar-refractivity contribution < 1.29 is 9.90 Å². The lowest BCUT2D eigenvalue weighted by Crippen LogP contribution is -2.41. The molecule has 0 bridgehead atoms. The molecule has 2 heteroatoms. The Hall–Kier alpha value is -0.630. The van der Waals surface area contributed by atoms with Gasteiger partial charge < -0.3 is 5.11 Å². The molecule has 1 fully saturated rings. The van der Waals surface area contributed by atoms with E-state index >= 15 is 0 Å². The molecular formula is C11H16O2. The van der Waals surface area contributed by atoms with Crippen LogP contribution in [-0.4, -0.2) is 16.5 Å². The maximum Gasteiger partial charge on any atom is 0.158 e. The molecule has 0 saturated heterocycles. The molecule has 0 radical (unpaired) electrons. The fourth-order valence-electron chi connectivity index (χ4n) is 2.90. The number of carbonyl (C=O) groups is 1. The first-order chi connectivity index (χ1) is 6.00. The summed E-state index contributed by atoms with van der Waals surface area (Å²) in [5, 5.41) is 10.4. The van der Waals surface area contributed by atoms with Gasteiger partial charge in [0.15, 0.2) is 5.78 Å². The van der Waals surface area contributed by atoms with Crippen LogP contribution in [0.15, 0.2) is 11.6 Å². The van der Waals surface area contributed by atoms with E-state index in [1.54, 1.807) is 6.92 Å². The largest absolute Gasteiger partial charge is 0.384 e. The summed E-state index contributed by atoms with van der Waals surface area (Å²) in [5.41, 5.74) is -0.208. The molecule has 2 aliphatic rings. The zero-order valence-electron chi connectivity index (χ0n) is 8.26. The molecule has 1 saturated carbocycles. The van der Waals surface area contributed by atoms with Gasteiger partial charge in [0, 0.05) is 11.0 Å². The highest BCUT2D eigenvalue weighted by Crippen LogP contribution is 2.56. The van der Waals surface area contributed by atoms with Crippen molar-refractivity contribution in [3.63, 3.8) is 0 Å². The van der Waals surface area contributed by atoms with Crippen molar-refractivity contribution in [1.82, 2.24) is 0 Å². The lowest BCUT2D eigenvalue weighted by molar-refractivity contribution is -0.117. The predicted molar refractivity (Wildman–Crippen MR) is 50.3 cm³/mol. The Morgan fingerprint density at radius 1 is 1.54 bits per heavy atom. The summed E-state index contributed by atoms with van der Waals surface area (Å²) in [5.74, 6) is 0.0353. The van der Waals surface area contributed by atoms with Gasteiger partial charge in [0.1, 0.15) is 0 Å². The number of allylic oxidation sites excluding steroid dienone is 1. The Labute approximate surface area is 78.6 Å². The highest BCUT2D eigenvalue weighted by molar-refractivity contribution is 5.96. The third-order valence-electron chi connectivity index (χ3n) is 3.85. The first kappa shape index (κ1) is 8.95. The van der Waals surface area contributed by atoms with Crippen molar-refractivity contribution >= 4 is 5.78 Å². The third kappa shape index (κ3) is 0.953. The van der Waals surface area contributed by atoms with Crippen LogP contribution in [0.4, 0.5) is 0 Å². The Morgan fingerprint density at radius 3 is 2.85 bits per heavy atom. The Morgan fingerprint density at radius 2 is 2.23 bits per heavy atom. The maximum absolute atomic E-state index is 11.3.